The number of pyridine rings is 1. The Morgan fingerprint density at radius 1 is 1.11 bits per heavy atom. The lowest BCUT2D eigenvalue weighted by Gasteiger charge is -2.14. The number of aromatic nitrogens is 1. The van der Waals surface area contributed by atoms with Crippen molar-refractivity contribution in [2.75, 3.05) is 0 Å². The smallest absolute Gasteiger partial charge is 0.341 e. The van der Waals surface area contributed by atoms with Gasteiger partial charge in [-0.15, -0.1) is 0 Å². The SMILES string of the molecule is CCc1ccc2c(c1)CC(CCn1c(=O)c(C(=O)O)cc3ccccc31)C2. The molecule has 1 N–H and O–H groups in total. The molecule has 0 radical (unpaired) electrons. The minimum Gasteiger partial charge on any atom is -0.477 e. The van der Waals surface area contributed by atoms with E-state index in [-0.39, 0.29) is 5.56 Å². The molecule has 0 fully saturated rings. The Bertz CT molecular complexity index is 1080. The Labute approximate surface area is 158 Å². The standard InChI is InChI=1S/C23H23NO3/c1-2-15-7-8-17-12-16(13-19(17)11-15)9-10-24-21-6-4-3-5-18(21)14-20(22(24)25)23(26)27/h3-8,11,14,16H,2,9-10,12-13H2,1H3,(H,26,27). The van der Waals surface area contributed by atoms with E-state index in [1.165, 1.54) is 22.8 Å². The fourth-order valence-corrected chi connectivity index (χ4v) is 4.20. The lowest BCUT2D eigenvalue weighted by Crippen LogP contribution is -2.27. The van der Waals surface area contributed by atoms with Crippen molar-refractivity contribution in [3.05, 3.63) is 81.1 Å². The molecule has 1 aliphatic carbocycles. The molecule has 3 aromatic rings. The van der Waals surface area contributed by atoms with Gasteiger partial charge in [-0.2, -0.15) is 0 Å². The summed E-state index contributed by atoms with van der Waals surface area (Å²) in [4.78, 5) is 24.2. The predicted molar refractivity (Wildman–Crippen MR) is 107 cm³/mol. The molecule has 0 saturated carbocycles. The molecule has 27 heavy (non-hydrogen) atoms. The highest BCUT2D eigenvalue weighted by atomic mass is 16.4. The third-order valence-corrected chi connectivity index (χ3v) is 5.69. The Balaban J connectivity index is 1.60. The summed E-state index contributed by atoms with van der Waals surface area (Å²) < 4.78 is 1.64. The first-order valence-electron chi connectivity index (χ1n) is 9.53. The van der Waals surface area contributed by atoms with Gasteiger partial charge >= 0.3 is 5.97 Å². The maximum absolute atomic E-state index is 12.7. The van der Waals surface area contributed by atoms with Gasteiger partial charge in [0, 0.05) is 6.54 Å². The minimum atomic E-state index is -1.17. The third kappa shape index (κ3) is 3.27. The van der Waals surface area contributed by atoms with Gasteiger partial charge in [0.2, 0.25) is 0 Å². The minimum absolute atomic E-state index is 0.156. The fraction of sp³-hybridized carbons (Fsp3) is 0.304. The Hall–Kier alpha value is -2.88. The normalized spacial score (nSPS) is 15.8. The topological polar surface area (TPSA) is 59.3 Å². The maximum atomic E-state index is 12.7. The average Bonchev–Trinajstić information content (AvgIpc) is 3.08. The van der Waals surface area contributed by atoms with Crippen LogP contribution in [0.25, 0.3) is 10.9 Å². The number of benzene rings is 2. The number of aryl methyl sites for hydroxylation is 2. The van der Waals surface area contributed by atoms with Gasteiger partial charge in [-0.25, -0.2) is 4.79 Å². The van der Waals surface area contributed by atoms with Crippen LogP contribution < -0.4 is 5.56 Å². The van der Waals surface area contributed by atoms with Gasteiger partial charge < -0.3 is 9.67 Å². The molecule has 0 spiro atoms. The zero-order valence-corrected chi connectivity index (χ0v) is 15.4. The zero-order chi connectivity index (χ0) is 19.0. The average molecular weight is 361 g/mol. The van der Waals surface area contributed by atoms with E-state index in [0.717, 1.165) is 36.6 Å². The lowest BCUT2D eigenvalue weighted by molar-refractivity contribution is 0.0694. The van der Waals surface area contributed by atoms with Crippen molar-refractivity contribution in [2.24, 2.45) is 5.92 Å². The first-order valence-corrected chi connectivity index (χ1v) is 9.53. The molecule has 1 atom stereocenters. The molecule has 0 amide bonds. The summed E-state index contributed by atoms with van der Waals surface area (Å²) in [6.07, 6.45) is 3.98. The molecule has 138 valence electrons. The van der Waals surface area contributed by atoms with Crippen LogP contribution in [0, 0.1) is 5.92 Å². The van der Waals surface area contributed by atoms with E-state index >= 15 is 0 Å². The van der Waals surface area contributed by atoms with Crippen molar-refractivity contribution in [3.63, 3.8) is 0 Å². The van der Waals surface area contributed by atoms with Crippen LogP contribution in [0.3, 0.4) is 0 Å². The molecule has 1 aromatic heterocycles. The number of rotatable bonds is 5. The number of carboxylic acids is 1. The van der Waals surface area contributed by atoms with Crippen LogP contribution in [0.4, 0.5) is 0 Å². The lowest BCUT2D eigenvalue weighted by atomic mass is 10.0. The number of fused-ring (bicyclic) bond motifs is 2. The van der Waals surface area contributed by atoms with Crippen molar-refractivity contribution in [1.29, 1.82) is 0 Å². The second-order valence-corrected chi connectivity index (χ2v) is 7.40. The van der Waals surface area contributed by atoms with Crippen molar-refractivity contribution < 1.29 is 9.90 Å². The second-order valence-electron chi connectivity index (χ2n) is 7.40. The summed E-state index contributed by atoms with van der Waals surface area (Å²) in [7, 11) is 0. The summed E-state index contributed by atoms with van der Waals surface area (Å²) in [6, 6.07) is 15.7. The first-order chi connectivity index (χ1) is 13.1. The van der Waals surface area contributed by atoms with E-state index in [1.54, 1.807) is 4.57 Å². The summed E-state index contributed by atoms with van der Waals surface area (Å²) in [5.41, 5.74) is 4.44. The van der Waals surface area contributed by atoms with Crippen molar-refractivity contribution >= 4 is 16.9 Å². The van der Waals surface area contributed by atoms with E-state index < -0.39 is 11.5 Å². The van der Waals surface area contributed by atoms with Gasteiger partial charge in [-0.3, -0.25) is 4.79 Å². The van der Waals surface area contributed by atoms with Crippen LogP contribution in [-0.2, 0) is 25.8 Å². The molecule has 1 aliphatic rings. The number of hydrogen-bond acceptors (Lipinski definition) is 2. The molecule has 0 bridgehead atoms. The molecule has 2 aromatic carbocycles. The number of para-hydroxylation sites is 1. The van der Waals surface area contributed by atoms with Crippen LogP contribution >= 0.6 is 0 Å². The first kappa shape index (κ1) is 17.5. The van der Waals surface area contributed by atoms with Crippen LogP contribution in [0.15, 0.2) is 53.3 Å². The number of hydrogen-bond donors (Lipinski definition) is 1. The maximum Gasteiger partial charge on any atom is 0.341 e. The van der Waals surface area contributed by atoms with Gasteiger partial charge in [0.05, 0.1) is 5.52 Å². The Morgan fingerprint density at radius 2 is 1.89 bits per heavy atom. The molecule has 0 saturated heterocycles. The van der Waals surface area contributed by atoms with Crippen molar-refractivity contribution in [1.82, 2.24) is 4.57 Å². The monoisotopic (exact) mass is 361 g/mol. The van der Waals surface area contributed by atoms with Gasteiger partial charge in [-0.1, -0.05) is 43.3 Å². The molecule has 0 aliphatic heterocycles. The summed E-state index contributed by atoms with van der Waals surface area (Å²) in [6.45, 7) is 2.71. The van der Waals surface area contributed by atoms with Crippen LogP contribution in [0.2, 0.25) is 0 Å². The van der Waals surface area contributed by atoms with E-state index in [1.807, 2.05) is 24.3 Å². The zero-order valence-electron chi connectivity index (χ0n) is 15.4. The van der Waals surface area contributed by atoms with Crippen LogP contribution in [-0.4, -0.2) is 15.6 Å². The largest absolute Gasteiger partial charge is 0.477 e. The quantitative estimate of drug-likeness (QED) is 0.745. The third-order valence-electron chi connectivity index (χ3n) is 5.69. The van der Waals surface area contributed by atoms with Crippen LogP contribution in [0.1, 0.15) is 40.4 Å². The number of carbonyl (C=O) groups is 1. The van der Waals surface area contributed by atoms with Gasteiger partial charge in [0.25, 0.3) is 5.56 Å². The Morgan fingerprint density at radius 3 is 2.67 bits per heavy atom. The van der Waals surface area contributed by atoms with E-state index in [9.17, 15) is 14.7 Å². The summed E-state index contributed by atoms with van der Waals surface area (Å²) >= 11 is 0. The molecular weight excluding hydrogens is 338 g/mol. The summed E-state index contributed by atoms with van der Waals surface area (Å²) in [5, 5.41) is 10.2. The molecule has 4 nitrogen and oxygen atoms in total. The molecular formula is C23H23NO3. The Kier molecular flexibility index (Phi) is 4.56. The van der Waals surface area contributed by atoms with E-state index in [2.05, 4.69) is 25.1 Å². The molecule has 1 unspecified atom stereocenters. The second kappa shape index (κ2) is 7.03. The van der Waals surface area contributed by atoms with Gasteiger partial charge in [-0.05, 0) is 65.8 Å². The number of aromatic carboxylic acids is 1. The van der Waals surface area contributed by atoms with Gasteiger partial charge in [0.1, 0.15) is 5.56 Å². The number of nitrogens with zero attached hydrogens (tertiary/aromatic N) is 1. The van der Waals surface area contributed by atoms with Gasteiger partial charge in [0.15, 0.2) is 0 Å². The predicted octanol–water partition coefficient (Wildman–Crippen LogP) is 4.07. The van der Waals surface area contributed by atoms with Crippen LogP contribution in [0.5, 0.6) is 0 Å². The van der Waals surface area contributed by atoms with E-state index in [4.69, 9.17) is 0 Å². The molecule has 4 rings (SSSR count). The number of carboxylic acid groups (broad SMARTS) is 1. The molecule has 1 heterocycles. The van der Waals surface area contributed by atoms with Crippen molar-refractivity contribution in [3.8, 4) is 0 Å². The highest BCUT2D eigenvalue weighted by Gasteiger charge is 2.22. The molecule has 4 heteroatoms. The summed E-state index contributed by atoms with van der Waals surface area (Å²) in [5.74, 6) is -0.675. The highest BCUT2D eigenvalue weighted by Crippen LogP contribution is 2.30. The highest BCUT2D eigenvalue weighted by molar-refractivity contribution is 5.92. The fourth-order valence-electron chi connectivity index (χ4n) is 4.20. The van der Waals surface area contributed by atoms with E-state index in [0.29, 0.717) is 12.5 Å². The van der Waals surface area contributed by atoms with Crippen molar-refractivity contribution in [2.45, 2.75) is 39.2 Å².